The third-order valence-corrected chi connectivity index (χ3v) is 1.77. The SMILES string of the molecule is N[C@H]1CCC(Br)=CN1. The smallest absolute Gasteiger partial charge is 0.0741 e. The van der Waals surface area contributed by atoms with Gasteiger partial charge in [0.2, 0.25) is 0 Å². The van der Waals surface area contributed by atoms with E-state index in [4.69, 9.17) is 5.73 Å². The highest BCUT2D eigenvalue weighted by Gasteiger charge is 2.05. The minimum atomic E-state index is 0.163. The van der Waals surface area contributed by atoms with Gasteiger partial charge < -0.3 is 11.1 Å². The Morgan fingerprint density at radius 3 is 3.00 bits per heavy atom. The largest absolute Gasteiger partial charge is 0.375 e. The molecule has 2 nitrogen and oxygen atoms in total. The second-order valence-corrected chi connectivity index (χ2v) is 2.92. The van der Waals surface area contributed by atoms with Gasteiger partial charge >= 0.3 is 0 Å². The highest BCUT2D eigenvalue weighted by atomic mass is 79.9. The molecule has 0 saturated carbocycles. The Morgan fingerprint density at radius 2 is 2.62 bits per heavy atom. The molecule has 0 aromatic rings. The Morgan fingerprint density at radius 1 is 1.88 bits per heavy atom. The van der Waals surface area contributed by atoms with Gasteiger partial charge in [-0.15, -0.1) is 0 Å². The van der Waals surface area contributed by atoms with Crippen molar-refractivity contribution in [2.24, 2.45) is 5.73 Å². The molecule has 1 atom stereocenters. The molecule has 3 heteroatoms. The normalized spacial score (nSPS) is 28.8. The Labute approximate surface area is 57.3 Å². The van der Waals surface area contributed by atoms with E-state index in [1.807, 2.05) is 6.20 Å². The molecule has 0 aromatic carbocycles. The van der Waals surface area contributed by atoms with Gasteiger partial charge in [0.05, 0.1) is 6.17 Å². The van der Waals surface area contributed by atoms with E-state index in [1.54, 1.807) is 0 Å². The van der Waals surface area contributed by atoms with Crippen LogP contribution in [0.25, 0.3) is 0 Å². The van der Waals surface area contributed by atoms with E-state index in [9.17, 15) is 0 Å². The van der Waals surface area contributed by atoms with E-state index in [-0.39, 0.29) is 6.17 Å². The van der Waals surface area contributed by atoms with Gasteiger partial charge in [-0.2, -0.15) is 0 Å². The van der Waals surface area contributed by atoms with Crippen molar-refractivity contribution < 1.29 is 0 Å². The van der Waals surface area contributed by atoms with Crippen LogP contribution in [0.15, 0.2) is 10.7 Å². The predicted molar refractivity (Wildman–Crippen MR) is 37.4 cm³/mol. The van der Waals surface area contributed by atoms with Crippen molar-refractivity contribution in [2.75, 3.05) is 0 Å². The van der Waals surface area contributed by atoms with Crippen LogP contribution in [0, 0.1) is 0 Å². The predicted octanol–water partition coefficient (Wildman–Crippen LogP) is 0.891. The van der Waals surface area contributed by atoms with E-state index in [1.165, 1.54) is 4.48 Å². The van der Waals surface area contributed by atoms with Crippen molar-refractivity contribution in [3.8, 4) is 0 Å². The summed E-state index contributed by atoms with van der Waals surface area (Å²) in [6, 6.07) is 0. The van der Waals surface area contributed by atoms with Crippen LogP contribution in [0.4, 0.5) is 0 Å². The molecule has 0 amide bonds. The molecule has 0 radical (unpaired) electrons. The van der Waals surface area contributed by atoms with Crippen LogP contribution < -0.4 is 11.1 Å². The zero-order chi connectivity index (χ0) is 5.98. The number of nitrogens with two attached hydrogens (primary N) is 1. The minimum absolute atomic E-state index is 0.163. The summed E-state index contributed by atoms with van der Waals surface area (Å²) in [5.41, 5.74) is 5.52. The maximum absolute atomic E-state index is 5.52. The van der Waals surface area contributed by atoms with Crippen molar-refractivity contribution >= 4 is 15.9 Å². The second kappa shape index (κ2) is 2.51. The highest BCUT2D eigenvalue weighted by Crippen LogP contribution is 2.15. The molecule has 1 heterocycles. The van der Waals surface area contributed by atoms with Gasteiger partial charge in [-0.1, -0.05) is 15.9 Å². The molecule has 1 rings (SSSR count). The fourth-order valence-electron chi connectivity index (χ4n) is 0.646. The van der Waals surface area contributed by atoms with E-state index in [2.05, 4.69) is 21.2 Å². The molecule has 0 fully saturated rings. The van der Waals surface area contributed by atoms with Crippen LogP contribution in [-0.4, -0.2) is 6.17 Å². The third-order valence-electron chi connectivity index (χ3n) is 1.15. The summed E-state index contributed by atoms with van der Waals surface area (Å²) in [5.74, 6) is 0. The van der Waals surface area contributed by atoms with Crippen LogP contribution >= 0.6 is 15.9 Å². The Bertz CT molecular complexity index is 111. The van der Waals surface area contributed by atoms with Gasteiger partial charge in [0.15, 0.2) is 0 Å². The lowest BCUT2D eigenvalue weighted by Gasteiger charge is -2.16. The topological polar surface area (TPSA) is 38.0 Å². The van der Waals surface area contributed by atoms with E-state index in [0.29, 0.717) is 0 Å². The number of halogens is 1. The van der Waals surface area contributed by atoms with Crippen molar-refractivity contribution in [3.63, 3.8) is 0 Å². The first-order valence-electron chi connectivity index (χ1n) is 2.65. The number of allylic oxidation sites excluding steroid dienone is 1. The third kappa shape index (κ3) is 1.49. The van der Waals surface area contributed by atoms with Crippen LogP contribution in [0.3, 0.4) is 0 Å². The van der Waals surface area contributed by atoms with Crippen LogP contribution in [0.2, 0.25) is 0 Å². The standard InChI is InChI=1S/C5H9BrN2/c6-4-1-2-5(7)8-3-4/h3,5,8H,1-2,7H2/t5-/m1/s1. The number of hydrogen-bond acceptors (Lipinski definition) is 2. The zero-order valence-corrected chi connectivity index (χ0v) is 6.11. The Hall–Kier alpha value is -0.0200. The average molecular weight is 177 g/mol. The maximum atomic E-state index is 5.52. The summed E-state index contributed by atoms with van der Waals surface area (Å²) in [6.45, 7) is 0. The van der Waals surface area contributed by atoms with Crippen LogP contribution in [0.5, 0.6) is 0 Å². The molecule has 0 aromatic heterocycles. The number of hydrogen-bond donors (Lipinski definition) is 2. The van der Waals surface area contributed by atoms with Gasteiger partial charge in [0.25, 0.3) is 0 Å². The molecular formula is C5H9BrN2. The summed E-state index contributed by atoms with van der Waals surface area (Å²) in [6.07, 6.45) is 4.16. The highest BCUT2D eigenvalue weighted by molar-refractivity contribution is 9.11. The number of nitrogens with one attached hydrogen (secondary N) is 1. The fourth-order valence-corrected chi connectivity index (χ4v) is 1.01. The lowest BCUT2D eigenvalue weighted by atomic mass is 10.2. The first-order chi connectivity index (χ1) is 3.79. The molecule has 0 aliphatic carbocycles. The Balaban J connectivity index is 2.42. The van der Waals surface area contributed by atoms with E-state index in [0.717, 1.165) is 12.8 Å². The number of rotatable bonds is 0. The second-order valence-electron chi connectivity index (χ2n) is 1.90. The van der Waals surface area contributed by atoms with Gasteiger partial charge in [-0.05, 0) is 12.8 Å². The van der Waals surface area contributed by atoms with Gasteiger partial charge in [-0.3, -0.25) is 0 Å². The summed E-state index contributed by atoms with van der Waals surface area (Å²) in [4.78, 5) is 0. The van der Waals surface area contributed by atoms with E-state index < -0.39 is 0 Å². The summed E-state index contributed by atoms with van der Waals surface area (Å²) in [5, 5.41) is 3.00. The molecular weight excluding hydrogens is 168 g/mol. The average Bonchev–Trinajstić information content (AvgIpc) is 1.77. The molecule has 3 N–H and O–H groups in total. The van der Waals surface area contributed by atoms with Crippen LogP contribution in [-0.2, 0) is 0 Å². The monoisotopic (exact) mass is 176 g/mol. The van der Waals surface area contributed by atoms with Gasteiger partial charge in [0.1, 0.15) is 0 Å². The summed E-state index contributed by atoms with van der Waals surface area (Å²) < 4.78 is 1.21. The molecule has 0 saturated heterocycles. The minimum Gasteiger partial charge on any atom is -0.375 e. The first-order valence-corrected chi connectivity index (χ1v) is 3.44. The van der Waals surface area contributed by atoms with Gasteiger partial charge in [0, 0.05) is 10.7 Å². The Kier molecular flexibility index (Phi) is 1.91. The molecule has 1 aliphatic rings. The van der Waals surface area contributed by atoms with Crippen molar-refractivity contribution in [2.45, 2.75) is 19.0 Å². The maximum Gasteiger partial charge on any atom is 0.0741 e. The lowest BCUT2D eigenvalue weighted by Crippen LogP contribution is -2.35. The molecule has 0 unspecified atom stereocenters. The molecule has 0 bridgehead atoms. The molecule has 8 heavy (non-hydrogen) atoms. The van der Waals surface area contributed by atoms with Crippen molar-refractivity contribution in [1.29, 1.82) is 0 Å². The lowest BCUT2D eigenvalue weighted by molar-refractivity contribution is 0.543. The quantitative estimate of drug-likeness (QED) is 0.576. The zero-order valence-electron chi connectivity index (χ0n) is 4.52. The summed E-state index contributed by atoms with van der Waals surface area (Å²) >= 11 is 3.36. The molecule has 1 aliphatic heterocycles. The molecule has 46 valence electrons. The molecule has 0 spiro atoms. The first kappa shape index (κ1) is 6.11. The van der Waals surface area contributed by atoms with Crippen molar-refractivity contribution in [3.05, 3.63) is 10.7 Å². The van der Waals surface area contributed by atoms with Gasteiger partial charge in [-0.25, -0.2) is 0 Å². The van der Waals surface area contributed by atoms with E-state index >= 15 is 0 Å². The summed E-state index contributed by atoms with van der Waals surface area (Å²) in [7, 11) is 0. The van der Waals surface area contributed by atoms with Crippen LogP contribution in [0.1, 0.15) is 12.8 Å². The van der Waals surface area contributed by atoms with Crippen molar-refractivity contribution in [1.82, 2.24) is 5.32 Å². The fraction of sp³-hybridized carbons (Fsp3) is 0.600.